The number of rotatable bonds is 7. The van der Waals surface area contributed by atoms with E-state index in [-0.39, 0.29) is 0 Å². The molecule has 0 heterocycles. The number of alkyl halides is 3. The molecule has 1 rings (SSSR count). The van der Waals surface area contributed by atoms with Gasteiger partial charge in [0, 0.05) is 0 Å². The molecule has 20 heavy (non-hydrogen) atoms. The molecule has 0 radical (unpaired) electrons. The van der Waals surface area contributed by atoms with E-state index in [0.717, 1.165) is 6.42 Å². The first kappa shape index (κ1) is 16.1. The number of carbonyl (C=O) groups excluding carboxylic acids is 1. The summed E-state index contributed by atoms with van der Waals surface area (Å²) in [5, 5.41) is 1.72. The number of nitrogens with one attached hydrogen (secondary N) is 1. The van der Waals surface area contributed by atoms with Gasteiger partial charge in [-0.2, -0.15) is 13.2 Å². The van der Waals surface area contributed by atoms with Crippen LogP contribution in [0.3, 0.4) is 0 Å². The van der Waals surface area contributed by atoms with Gasteiger partial charge in [0.2, 0.25) is 0 Å². The molecule has 112 valence electrons. The van der Waals surface area contributed by atoms with Crippen LogP contribution < -0.4 is 14.8 Å². The lowest BCUT2D eigenvalue weighted by Gasteiger charge is -2.10. The minimum Gasteiger partial charge on any atom is -0.494 e. The van der Waals surface area contributed by atoms with Crippen LogP contribution in [0.15, 0.2) is 24.3 Å². The fourth-order valence-corrected chi connectivity index (χ4v) is 1.25. The summed E-state index contributed by atoms with van der Waals surface area (Å²) in [5.74, 6) is 0.227. The maximum atomic E-state index is 11.9. The fourth-order valence-electron chi connectivity index (χ4n) is 1.25. The van der Waals surface area contributed by atoms with Gasteiger partial charge in [0.25, 0.3) is 5.91 Å². The predicted octanol–water partition coefficient (Wildman–Crippen LogP) is 2.53. The van der Waals surface area contributed by atoms with Gasteiger partial charge in [-0.3, -0.25) is 4.79 Å². The Morgan fingerprint density at radius 2 is 1.70 bits per heavy atom. The summed E-state index contributed by atoms with van der Waals surface area (Å²) in [6.07, 6.45) is -3.54. The second-order valence-corrected chi connectivity index (χ2v) is 4.00. The molecular formula is C13H16F3NO3. The summed E-state index contributed by atoms with van der Waals surface area (Å²) in [5.41, 5.74) is 0. The van der Waals surface area contributed by atoms with Crippen molar-refractivity contribution in [2.24, 2.45) is 0 Å². The van der Waals surface area contributed by atoms with Crippen molar-refractivity contribution in [3.05, 3.63) is 24.3 Å². The lowest BCUT2D eigenvalue weighted by atomic mass is 10.3. The van der Waals surface area contributed by atoms with Crippen LogP contribution in [0.5, 0.6) is 11.5 Å². The van der Waals surface area contributed by atoms with E-state index in [0.29, 0.717) is 18.1 Å². The van der Waals surface area contributed by atoms with E-state index in [1.165, 1.54) is 0 Å². The van der Waals surface area contributed by atoms with Gasteiger partial charge < -0.3 is 14.8 Å². The summed E-state index contributed by atoms with van der Waals surface area (Å²) in [6, 6.07) is 6.50. The molecule has 1 aromatic rings. The third-order valence-corrected chi connectivity index (χ3v) is 2.15. The molecule has 0 spiro atoms. The maximum absolute atomic E-state index is 11.9. The van der Waals surface area contributed by atoms with Crippen molar-refractivity contribution in [3.8, 4) is 11.5 Å². The highest BCUT2D eigenvalue weighted by molar-refractivity contribution is 5.77. The Labute approximate surface area is 114 Å². The zero-order valence-electron chi connectivity index (χ0n) is 11.0. The van der Waals surface area contributed by atoms with Gasteiger partial charge in [0.05, 0.1) is 6.61 Å². The van der Waals surface area contributed by atoms with Gasteiger partial charge in [-0.1, -0.05) is 6.92 Å². The van der Waals surface area contributed by atoms with Crippen LogP contribution in [0, 0.1) is 0 Å². The van der Waals surface area contributed by atoms with Gasteiger partial charge in [-0.25, -0.2) is 0 Å². The number of halogens is 3. The second-order valence-electron chi connectivity index (χ2n) is 4.00. The Bertz CT molecular complexity index is 418. The Hall–Kier alpha value is -1.92. The highest BCUT2D eigenvalue weighted by Crippen LogP contribution is 2.17. The summed E-state index contributed by atoms with van der Waals surface area (Å²) >= 11 is 0. The molecule has 1 amide bonds. The van der Waals surface area contributed by atoms with Crippen LogP contribution in [0.1, 0.15) is 13.3 Å². The Balaban J connectivity index is 2.32. The van der Waals surface area contributed by atoms with Gasteiger partial charge in [0.15, 0.2) is 6.61 Å². The molecule has 4 nitrogen and oxygen atoms in total. The van der Waals surface area contributed by atoms with E-state index in [1.54, 1.807) is 29.6 Å². The molecule has 0 saturated carbocycles. The monoisotopic (exact) mass is 291 g/mol. The molecule has 0 aromatic heterocycles. The van der Waals surface area contributed by atoms with Gasteiger partial charge in [0.1, 0.15) is 18.0 Å². The van der Waals surface area contributed by atoms with Crippen LogP contribution in [-0.2, 0) is 4.79 Å². The van der Waals surface area contributed by atoms with Crippen molar-refractivity contribution < 1.29 is 27.4 Å². The Morgan fingerprint density at radius 3 is 2.20 bits per heavy atom. The number of benzene rings is 1. The van der Waals surface area contributed by atoms with E-state index >= 15 is 0 Å². The number of amides is 1. The van der Waals surface area contributed by atoms with Crippen molar-refractivity contribution in [1.29, 1.82) is 0 Å². The summed E-state index contributed by atoms with van der Waals surface area (Å²) in [6.45, 7) is 0.751. The molecular weight excluding hydrogens is 275 g/mol. The molecule has 0 aliphatic rings. The van der Waals surface area contributed by atoms with Crippen molar-refractivity contribution in [3.63, 3.8) is 0 Å². The number of carbonyl (C=O) groups is 1. The zero-order valence-corrected chi connectivity index (χ0v) is 11.0. The van der Waals surface area contributed by atoms with E-state index in [9.17, 15) is 18.0 Å². The first-order valence-corrected chi connectivity index (χ1v) is 6.10. The highest BCUT2D eigenvalue weighted by atomic mass is 19.4. The summed E-state index contributed by atoms with van der Waals surface area (Å²) in [4.78, 5) is 11.1. The number of hydrogen-bond donors (Lipinski definition) is 1. The molecule has 0 aliphatic carbocycles. The van der Waals surface area contributed by atoms with E-state index in [4.69, 9.17) is 9.47 Å². The average molecular weight is 291 g/mol. The minimum absolute atomic E-state index is 0.385. The molecule has 0 aliphatic heterocycles. The SMILES string of the molecule is CCCOc1ccc(OCC(=O)NCC(F)(F)F)cc1. The van der Waals surface area contributed by atoms with Crippen LogP contribution >= 0.6 is 0 Å². The first-order valence-electron chi connectivity index (χ1n) is 6.10. The van der Waals surface area contributed by atoms with E-state index in [2.05, 4.69) is 0 Å². The summed E-state index contributed by atoms with van der Waals surface area (Å²) < 4.78 is 46.0. The topological polar surface area (TPSA) is 47.6 Å². The van der Waals surface area contributed by atoms with Crippen molar-refractivity contribution in [1.82, 2.24) is 5.32 Å². The minimum atomic E-state index is -4.42. The van der Waals surface area contributed by atoms with Gasteiger partial charge in [-0.15, -0.1) is 0 Å². The molecule has 1 N–H and O–H groups in total. The zero-order chi connectivity index (χ0) is 15.0. The average Bonchev–Trinajstić information content (AvgIpc) is 2.41. The van der Waals surface area contributed by atoms with Gasteiger partial charge >= 0.3 is 6.18 Å². The summed E-state index contributed by atoms with van der Waals surface area (Å²) in [7, 11) is 0. The predicted molar refractivity (Wildman–Crippen MR) is 66.8 cm³/mol. The smallest absolute Gasteiger partial charge is 0.405 e. The Morgan fingerprint density at radius 1 is 1.15 bits per heavy atom. The quantitative estimate of drug-likeness (QED) is 0.839. The molecule has 0 unspecified atom stereocenters. The van der Waals surface area contributed by atoms with Crippen LogP contribution in [0.4, 0.5) is 13.2 Å². The normalized spacial score (nSPS) is 11.0. The standard InChI is InChI=1S/C13H16F3NO3/c1-2-7-19-10-3-5-11(6-4-10)20-8-12(18)17-9-13(14,15)16/h3-6H,2,7-9H2,1H3,(H,17,18). The number of hydrogen-bond acceptors (Lipinski definition) is 3. The van der Waals surface area contributed by atoms with Gasteiger partial charge in [-0.05, 0) is 30.7 Å². The molecule has 7 heteroatoms. The molecule has 0 saturated heterocycles. The third-order valence-electron chi connectivity index (χ3n) is 2.15. The maximum Gasteiger partial charge on any atom is 0.405 e. The van der Waals surface area contributed by atoms with Crippen molar-refractivity contribution in [2.75, 3.05) is 19.8 Å². The lowest BCUT2D eigenvalue weighted by Crippen LogP contribution is -2.36. The molecule has 0 fully saturated rings. The molecule has 0 bridgehead atoms. The van der Waals surface area contributed by atoms with Crippen LogP contribution in [-0.4, -0.2) is 31.8 Å². The lowest BCUT2D eigenvalue weighted by molar-refractivity contribution is -0.139. The fraction of sp³-hybridized carbons (Fsp3) is 0.462. The molecule has 1 aromatic carbocycles. The highest BCUT2D eigenvalue weighted by Gasteiger charge is 2.27. The number of ether oxygens (including phenoxy) is 2. The van der Waals surface area contributed by atoms with E-state index < -0.39 is 25.2 Å². The van der Waals surface area contributed by atoms with Crippen molar-refractivity contribution >= 4 is 5.91 Å². The first-order chi connectivity index (χ1) is 9.40. The van der Waals surface area contributed by atoms with E-state index in [1.807, 2.05) is 6.92 Å². The largest absolute Gasteiger partial charge is 0.494 e. The molecule has 0 atom stereocenters. The Kier molecular flexibility index (Phi) is 6.14. The second kappa shape index (κ2) is 7.62. The van der Waals surface area contributed by atoms with Crippen LogP contribution in [0.2, 0.25) is 0 Å². The third kappa shape index (κ3) is 6.86. The van der Waals surface area contributed by atoms with Crippen molar-refractivity contribution in [2.45, 2.75) is 19.5 Å². The van der Waals surface area contributed by atoms with Crippen LogP contribution in [0.25, 0.3) is 0 Å².